The number of Topliss-reactive ketones (excluding diaryl/α,β-unsaturated/α-hetero) is 1. The van der Waals surface area contributed by atoms with E-state index in [1.807, 2.05) is 6.92 Å². The molecule has 1 unspecified atom stereocenters. The van der Waals surface area contributed by atoms with Gasteiger partial charge in [0.2, 0.25) is 0 Å². The second kappa shape index (κ2) is 5.38. The van der Waals surface area contributed by atoms with Gasteiger partial charge in [-0.1, -0.05) is 12.1 Å². The smallest absolute Gasteiger partial charge is 0.182 e. The molecule has 1 N–H and O–H groups in total. The molecule has 1 heterocycles. The monoisotopic (exact) mass is 236 g/mol. The summed E-state index contributed by atoms with van der Waals surface area (Å²) in [5.41, 5.74) is 0.193. The van der Waals surface area contributed by atoms with Crippen molar-refractivity contribution in [2.75, 3.05) is 26.2 Å². The average molecular weight is 236 g/mol. The highest BCUT2D eigenvalue weighted by Gasteiger charge is 2.25. The predicted molar refractivity (Wildman–Crippen MR) is 64.6 cm³/mol. The molecule has 1 aromatic carbocycles. The highest BCUT2D eigenvalue weighted by atomic mass is 19.1. The summed E-state index contributed by atoms with van der Waals surface area (Å²) in [5, 5.41) is 3.23. The maximum absolute atomic E-state index is 13.5. The minimum atomic E-state index is -0.431. The molecule has 4 heteroatoms. The summed E-state index contributed by atoms with van der Waals surface area (Å²) in [6.07, 6.45) is 0. The SMILES string of the molecule is CC(C(=O)c1ccccc1F)N1CCNCC1. The summed E-state index contributed by atoms with van der Waals surface area (Å²) in [6.45, 7) is 5.28. The molecule has 0 amide bonds. The van der Waals surface area contributed by atoms with Gasteiger partial charge < -0.3 is 5.32 Å². The molecule has 0 bridgehead atoms. The van der Waals surface area contributed by atoms with Crippen molar-refractivity contribution in [3.8, 4) is 0 Å². The van der Waals surface area contributed by atoms with E-state index in [0.717, 1.165) is 26.2 Å². The summed E-state index contributed by atoms with van der Waals surface area (Å²) in [7, 11) is 0. The molecular weight excluding hydrogens is 219 g/mol. The van der Waals surface area contributed by atoms with Gasteiger partial charge in [-0.25, -0.2) is 4.39 Å². The fourth-order valence-corrected chi connectivity index (χ4v) is 2.12. The number of benzene rings is 1. The van der Waals surface area contributed by atoms with Crippen LogP contribution >= 0.6 is 0 Å². The highest BCUT2D eigenvalue weighted by molar-refractivity contribution is 6.00. The number of nitrogens with one attached hydrogen (secondary N) is 1. The lowest BCUT2D eigenvalue weighted by Crippen LogP contribution is -2.50. The lowest BCUT2D eigenvalue weighted by Gasteiger charge is -2.31. The molecule has 0 radical (unpaired) electrons. The van der Waals surface area contributed by atoms with Gasteiger partial charge in [0.15, 0.2) is 5.78 Å². The number of rotatable bonds is 3. The average Bonchev–Trinajstić information content (AvgIpc) is 2.39. The van der Waals surface area contributed by atoms with Crippen molar-refractivity contribution in [2.45, 2.75) is 13.0 Å². The first-order valence-electron chi connectivity index (χ1n) is 5.93. The van der Waals surface area contributed by atoms with Crippen LogP contribution in [0.1, 0.15) is 17.3 Å². The van der Waals surface area contributed by atoms with Crippen LogP contribution in [0.4, 0.5) is 4.39 Å². The van der Waals surface area contributed by atoms with Crippen molar-refractivity contribution >= 4 is 5.78 Å². The van der Waals surface area contributed by atoms with Crippen LogP contribution in [0, 0.1) is 5.82 Å². The molecule has 0 spiro atoms. The molecule has 0 saturated carbocycles. The summed E-state index contributed by atoms with van der Waals surface area (Å²) in [6, 6.07) is 5.92. The first kappa shape index (κ1) is 12.2. The molecule has 0 aromatic heterocycles. The van der Waals surface area contributed by atoms with Crippen LogP contribution in [-0.2, 0) is 0 Å². The number of halogens is 1. The molecule has 1 atom stereocenters. The van der Waals surface area contributed by atoms with Gasteiger partial charge in [-0.05, 0) is 19.1 Å². The van der Waals surface area contributed by atoms with Gasteiger partial charge >= 0.3 is 0 Å². The molecule has 92 valence electrons. The first-order chi connectivity index (χ1) is 8.20. The van der Waals surface area contributed by atoms with Crippen LogP contribution in [0.25, 0.3) is 0 Å². The highest BCUT2D eigenvalue weighted by Crippen LogP contribution is 2.13. The number of carbonyl (C=O) groups excluding carboxylic acids is 1. The Morgan fingerprint density at radius 2 is 2.00 bits per heavy atom. The van der Waals surface area contributed by atoms with E-state index in [1.54, 1.807) is 18.2 Å². The summed E-state index contributed by atoms with van der Waals surface area (Å²) < 4.78 is 13.5. The molecule has 1 aliphatic heterocycles. The fraction of sp³-hybridized carbons (Fsp3) is 0.462. The van der Waals surface area contributed by atoms with Crippen molar-refractivity contribution in [1.29, 1.82) is 0 Å². The standard InChI is InChI=1S/C13H17FN2O/c1-10(16-8-6-15-7-9-16)13(17)11-4-2-3-5-12(11)14/h2-5,10,15H,6-9H2,1H3. The van der Waals surface area contributed by atoms with Crippen LogP contribution in [0.15, 0.2) is 24.3 Å². The molecule has 0 aliphatic carbocycles. The van der Waals surface area contributed by atoms with Crippen LogP contribution in [0.3, 0.4) is 0 Å². The maximum atomic E-state index is 13.5. The number of nitrogens with zero attached hydrogens (tertiary/aromatic N) is 1. The third-order valence-electron chi connectivity index (χ3n) is 3.22. The Bertz CT molecular complexity index is 402. The van der Waals surface area contributed by atoms with Gasteiger partial charge in [0.05, 0.1) is 11.6 Å². The van der Waals surface area contributed by atoms with Gasteiger partial charge in [0.1, 0.15) is 5.82 Å². The van der Waals surface area contributed by atoms with E-state index in [0.29, 0.717) is 0 Å². The number of carbonyl (C=O) groups is 1. The zero-order valence-corrected chi connectivity index (χ0v) is 9.95. The van der Waals surface area contributed by atoms with Gasteiger partial charge in [-0.3, -0.25) is 9.69 Å². The van der Waals surface area contributed by atoms with Gasteiger partial charge in [-0.15, -0.1) is 0 Å². The minimum Gasteiger partial charge on any atom is -0.314 e. The molecular formula is C13H17FN2O. The van der Waals surface area contributed by atoms with Gasteiger partial charge in [0, 0.05) is 26.2 Å². The van der Waals surface area contributed by atoms with Crippen LogP contribution in [0.5, 0.6) is 0 Å². The summed E-state index contributed by atoms with van der Waals surface area (Å²) in [5.74, 6) is -0.565. The normalized spacial score (nSPS) is 18.9. The van der Waals surface area contributed by atoms with Crippen molar-refractivity contribution in [2.24, 2.45) is 0 Å². The predicted octanol–water partition coefficient (Wildman–Crippen LogP) is 1.30. The van der Waals surface area contributed by atoms with Gasteiger partial charge in [0.25, 0.3) is 0 Å². The number of piperazine rings is 1. The zero-order chi connectivity index (χ0) is 12.3. The van der Waals surface area contributed by atoms with Crippen molar-refractivity contribution in [1.82, 2.24) is 10.2 Å². The Morgan fingerprint density at radius 3 is 2.65 bits per heavy atom. The van der Waals surface area contributed by atoms with E-state index in [1.165, 1.54) is 6.07 Å². The van der Waals surface area contributed by atoms with E-state index in [9.17, 15) is 9.18 Å². The Hall–Kier alpha value is -1.26. The molecule has 1 fully saturated rings. The third kappa shape index (κ3) is 2.70. The quantitative estimate of drug-likeness (QED) is 0.803. The second-order valence-corrected chi connectivity index (χ2v) is 4.31. The minimum absolute atomic E-state index is 0.134. The van der Waals surface area contributed by atoms with Crippen molar-refractivity contribution in [3.05, 3.63) is 35.6 Å². The van der Waals surface area contributed by atoms with E-state index in [2.05, 4.69) is 10.2 Å². The summed E-state index contributed by atoms with van der Waals surface area (Å²) in [4.78, 5) is 14.3. The zero-order valence-electron chi connectivity index (χ0n) is 9.95. The number of hydrogen-bond donors (Lipinski definition) is 1. The van der Waals surface area contributed by atoms with Crippen molar-refractivity contribution < 1.29 is 9.18 Å². The largest absolute Gasteiger partial charge is 0.314 e. The van der Waals surface area contributed by atoms with Crippen LogP contribution in [-0.4, -0.2) is 42.9 Å². The molecule has 3 nitrogen and oxygen atoms in total. The maximum Gasteiger partial charge on any atom is 0.182 e. The topological polar surface area (TPSA) is 32.3 Å². The van der Waals surface area contributed by atoms with E-state index in [-0.39, 0.29) is 17.4 Å². The molecule has 1 aromatic rings. The van der Waals surface area contributed by atoms with Crippen LogP contribution < -0.4 is 5.32 Å². The Balaban J connectivity index is 2.11. The Morgan fingerprint density at radius 1 is 1.35 bits per heavy atom. The van der Waals surface area contributed by atoms with Crippen LogP contribution in [0.2, 0.25) is 0 Å². The number of ketones is 1. The lowest BCUT2D eigenvalue weighted by molar-refractivity contribution is 0.0816. The summed E-state index contributed by atoms with van der Waals surface area (Å²) >= 11 is 0. The van der Waals surface area contributed by atoms with Gasteiger partial charge in [-0.2, -0.15) is 0 Å². The Labute approximate surface area is 101 Å². The van der Waals surface area contributed by atoms with E-state index >= 15 is 0 Å². The van der Waals surface area contributed by atoms with E-state index in [4.69, 9.17) is 0 Å². The number of hydrogen-bond acceptors (Lipinski definition) is 3. The molecule has 2 rings (SSSR count). The fourth-order valence-electron chi connectivity index (χ4n) is 2.12. The van der Waals surface area contributed by atoms with Crippen molar-refractivity contribution in [3.63, 3.8) is 0 Å². The molecule has 1 saturated heterocycles. The molecule has 1 aliphatic rings. The lowest BCUT2D eigenvalue weighted by atomic mass is 10.0. The first-order valence-corrected chi connectivity index (χ1v) is 5.93. The third-order valence-corrected chi connectivity index (χ3v) is 3.22. The Kier molecular flexibility index (Phi) is 3.86. The second-order valence-electron chi connectivity index (χ2n) is 4.31. The van der Waals surface area contributed by atoms with E-state index < -0.39 is 5.82 Å². The molecule has 17 heavy (non-hydrogen) atoms.